The summed E-state index contributed by atoms with van der Waals surface area (Å²) in [6.07, 6.45) is 1.89. The Morgan fingerprint density at radius 1 is 0.320 bits per heavy atom. The summed E-state index contributed by atoms with van der Waals surface area (Å²) in [5.41, 5.74) is 30.2. The smallest absolute Gasteiger partial charge is 0.328 e. The van der Waals surface area contributed by atoms with Crippen LogP contribution in [-0.4, -0.2) is 193 Å². The van der Waals surface area contributed by atoms with Gasteiger partial charge in [-0.15, -0.1) is 11.8 Å². The summed E-state index contributed by atoms with van der Waals surface area (Å²) in [7, 11) is 5.27. The standard InChI is InChI=1S/C23H30N4O2.C21H26N4O2.C19H21N3O2S.C19H21N3O2.C18H19N3O2/c1-5-26(6-2)12-13-29-23(28)16-27-22(15-18(4)25-27)21-11-10-20(24-21)19-9-7-8-17(3)14-19;1-15-6-5-7-17(12-15)18-8-9-19(22-18)20-13-16(2)23-25(20)14-21(26)27-11-10-24(3)4;1-13-5-4-6-15(9-13)16-7-8-17(20-16)18-10-14(2)21-22(18)11-19(23)24-12-25-3;1-4-24-19(23)12-22-18(11-14(3)21-22)17-9-8-16(20-17)15-7-5-6-13(2)10-15;1-12-5-4-6-14(9-12)15-7-8-16(19-15)17-10-13(2)20-21(17)11-18(22)23-3/h7-11,14-15,24H,5-6,12-13,16H2,1-4H3;5-9,12-13,22H,10-11,14H2,1-4H3;4-10,20H,11-12H2,1-3H3;5-11,20H,4,12H2,1-3H3;4-10,19H,11H2,1-3H3. The number of benzene rings is 5. The van der Waals surface area contributed by atoms with Crippen molar-refractivity contribution in [1.29, 1.82) is 0 Å². The molecule has 10 heterocycles. The second-order valence-electron chi connectivity index (χ2n) is 31.5. The van der Waals surface area contributed by atoms with Crippen LogP contribution < -0.4 is 0 Å². The molecule has 15 aromatic rings. The molecule has 0 fully saturated rings. The molecule has 5 N–H and O–H groups in total. The fourth-order valence-electron chi connectivity index (χ4n) is 14.4. The lowest BCUT2D eigenvalue weighted by molar-refractivity contribution is -0.145. The third-order valence-corrected chi connectivity index (χ3v) is 21.0. The lowest BCUT2D eigenvalue weighted by Crippen LogP contribution is -2.28. The topological polar surface area (TPSA) is 306 Å². The van der Waals surface area contributed by atoms with Gasteiger partial charge in [-0.1, -0.05) is 133 Å². The van der Waals surface area contributed by atoms with Gasteiger partial charge in [0.25, 0.3) is 0 Å². The van der Waals surface area contributed by atoms with Crippen molar-refractivity contribution in [3.05, 3.63) is 269 Å². The number of carbonyl (C=O) groups is 5. The molecule has 0 amide bonds. The van der Waals surface area contributed by atoms with Gasteiger partial charge in [0.1, 0.15) is 51.9 Å². The first-order valence-corrected chi connectivity index (χ1v) is 44.1. The number of ether oxygens (including phenoxy) is 5. The zero-order valence-electron chi connectivity index (χ0n) is 76.3. The SMILES string of the molecule is CCN(CC)CCOC(=O)Cn1nc(C)cc1-c1ccc(-c2cccc(C)c2)[nH]1.CCOC(=O)Cn1nc(C)cc1-c1ccc(-c2cccc(C)c2)[nH]1.COC(=O)Cn1nc(C)cc1-c1ccc(-c2cccc(C)c2)[nH]1.CSCOC(=O)Cn1nc(C)cc1-c1ccc(-c2cccc(C)c2)[nH]1.Cc1cccc(-c2ccc(-c3cc(C)nn3CC(=O)OCCN(C)C)[nH]2)c1. The molecule has 28 heteroatoms. The number of thioether (sulfide) groups is 1. The van der Waals surface area contributed by atoms with Crippen LogP contribution in [-0.2, 0) is 80.4 Å². The Morgan fingerprint density at radius 2 is 0.562 bits per heavy atom. The minimum atomic E-state index is -0.320. The molecule has 0 aliphatic heterocycles. The van der Waals surface area contributed by atoms with Crippen molar-refractivity contribution in [3.63, 3.8) is 0 Å². The molecule has 27 nitrogen and oxygen atoms in total. The first-order valence-electron chi connectivity index (χ1n) is 42.7. The maximum Gasteiger partial charge on any atom is 0.328 e. The molecule has 668 valence electrons. The Balaban J connectivity index is 0.000000155. The highest BCUT2D eigenvalue weighted by molar-refractivity contribution is 7.98. The average molecular weight is 1750 g/mol. The largest absolute Gasteiger partial charge is 0.468 e. The molecule has 0 aliphatic carbocycles. The fourth-order valence-corrected chi connectivity index (χ4v) is 14.6. The predicted molar refractivity (Wildman–Crippen MR) is 506 cm³/mol. The summed E-state index contributed by atoms with van der Waals surface area (Å²) in [6.45, 7) is 31.0. The number of likely N-dealkylation sites (N-methyl/N-ethyl adjacent to an activating group) is 2. The van der Waals surface area contributed by atoms with E-state index in [1.807, 2.05) is 175 Å². The van der Waals surface area contributed by atoms with Crippen LogP contribution in [0.3, 0.4) is 0 Å². The van der Waals surface area contributed by atoms with Gasteiger partial charge in [0.15, 0.2) is 0 Å². The predicted octanol–water partition coefficient (Wildman–Crippen LogP) is 18.4. The maximum absolute atomic E-state index is 12.3. The summed E-state index contributed by atoms with van der Waals surface area (Å²) >= 11 is 1.47. The first-order chi connectivity index (χ1) is 61.6. The van der Waals surface area contributed by atoms with Crippen molar-refractivity contribution in [2.24, 2.45) is 0 Å². The number of hydrogen-bond donors (Lipinski definition) is 5. The van der Waals surface area contributed by atoms with Crippen molar-refractivity contribution in [1.82, 2.24) is 83.6 Å². The van der Waals surface area contributed by atoms with Crippen LogP contribution in [0.4, 0.5) is 0 Å². The van der Waals surface area contributed by atoms with Crippen LogP contribution >= 0.6 is 11.8 Å². The van der Waals surface area contributed by atoms with Gasteiger partial charge in [0.05, 0.1) is 99.1 Å². The molecule has 10 aromatic heterocycles. The van der Waals surface area contributed by atoms with Crippen molar-refractivity contribution in [3.8, 4) is 113 Å². The monoisotopic (exact) mass is 1750 g/mol. The molecule has 0 atom stereocenters. The van der Waals surface area contributed by atoms with Crippen LogP contribution in [0.2, 0.25) is 0 Å². The van der Waals surface area contributed by atoms with E-state index in [1.54, 1.807) is 30.3 Å². The maximum atomic E-state index is 12.3. The van der Waals surface area contributed by atoms with Gasteiger partial charge in [-0.25, -0.2) is 0 Å². The van der Waals surface area contributed by atoms with E-state index in [0.29, 0.717) is 32.3 Å². The number of methoxy groups -OCH3 is 1. The molecule has 0 radical (unpaired) electrons. The van der Waals surface area contributed by atoms with Crippen LogP contribution in [0.15, 0.2) is 212 Å². The fraction of sp³-hybridized carbons (Fsp3) is 0.300. The molecule has 0 saturated heterocycles. The quantitative estimate of drug-likeness (QED) is 0.0153. The van der Waals surface area contributed by atoms with E-state index >= 15 is 0 Å². The number of H-pyrrole nitrogens is 5. The van der Waals surface area contributed by atoms with Crippen LogP contribution in [0.1, 0.15) is 77.1 Å². The number of hydrogen-bond acceptors (Lipinski definition) is 18. The van der Waals surface area contributed by atoms with Gasteiger partial charge in [-0.2, -0.15) is 25.5 Å². The molecule has 0 unspecified atom stereocenters. The highest BCUT2D eigenvalue weighted by atomic mass is 32.2. The normalized spacial score (nSPS) is 11.0. The Labute approximate surface area is 752 Å². The molecule has 0 saturated carbocycles. The molecular weight excluding hydrogens is 1630 g/mol. The van der Waals surface area contributed by atoms with Gasteiger partial charge in [0, 0.05) is 41.6 Å². The Morgan fingerprint density at radius 3 is 0.797 bits per heavy atom. The van der Waals surface area contributed by atoms with Gasteiger partial charge < -0.3 is 58.4 Å². The van der Waals surface area contributed by atoms with E-state index in [0.717, 1.165) is 161 Å². The van der Waals surface area contributed by atoms with E-state index in [1.165, 1.54) is 46.7 Å². The highest BCUT2D eigenvalue weighted by Crippen LogP contribution is 2.33. The zero-order valence-corrected chi connectivity index (χ0v) is 77.1. The molecule has 0 aliphatic rings. The number of aromatic nitrogens is 15. The van der Waals surface area contributed by atoms with E-state index in [4.69, 9.17) is 23.7 Å². The van der Waals surface area contributed by atoms with E-state index in [9.17, 15) is 24.0 Å². The number of nitrogens with zero attached hydrogens (tertiary/aromatic N) is 12. The third kappa shape index (κ3) is 27.1. The summed E-state index contributed by atoms with van der Waals surface area (Å²) in [5, 5.41) is 22.1. The zero-order chi connectivity index (χ0) is 91.5. The highest BCUT2D eigenvalue weighted by Gasteiger charge is 2.22. The number of nitrogens with one attached hydrogen (secondary N) is 5. The Hall–Kier alpha value is -13.8. The second kappa shape index (κ2) is 45.9. The van der Waals surface area contributed by atoms with E-state index in [2.05, 4.69) is 201 Å². The van der Waals surface area contributed by atoms with E-state index < -0.39 is 0 Å². The molecular formula is C100H117N17O10S. The molecule has 0 bridgehead atoms. The minimum Gasteiger partial charge on any atom is -0.468 e. The van der Waals surface area contributed by atoms with E-state index in [-0.39, 0.29) is 62.6 Å². The van der Waals surface area contributed by atoms with Gasteiger partial charge in [-0.3, -0.25) is 47.4 Å². The second-order valence-corrected chi connectivity index (χ2v) is 32.3. The molecule has 5 aromatic carbocycles. The molecule has 15 rings (SSSR count). The number of aryl methyl sites for hydroxylation is 10. The number of rotatable bonds is 31. The van der Waals surface area contributed by atoms with Crippen LogP contribution in [0.5, 0.6) is 0 Å². The lowest BCUT2D eigenvalue weighted by atomic mass is 10.1. The summed E-state index contributed by atoms with van der Waals surface area (Å²) < 4.78 is 34.0. The van der Waals surface area contributed by atoms with Crippen LogP contribution in [0, 0.1) is 69.2 Å². The summed E-state index contributed by atoms with van der Waals surface area (Å²) in [6, 6.07) is 71.8. The Kier molecular flexibility index (Phi) is 34.0. The summed E-state index contributed by atoms with van der Waals surface area (Å²) in [4.78, 5) is 81.0. The van der Waals surface area contributed by atoms with Crippen molar-refractivity contribution >= 4 is 41.6 Å². The third-order valence-electron chi connectivity index (χ3n) is 20.6. The lowest BCUT2D eigenvalue weighted by Gasteiger charge is -2.17. The summed E-state index contributed by atoms with van der Waals surface area (Å²) in [5.74, 6) is -1.09. The minimum absolute atomic E-state index is 0.0927. The van der Waals surface area contributed by atoms with Gasteiger partial charge in [-0.05, 0) is 259 Å². The number of esters is 5. The van der Waals surface area contributed by atoms with Gasteiger partial charge >= 0.3 is 29.8 Å². The van der Waals surface area contributed by atoms with Gasteiger partial charge in [0.2, 0.25) is 0 Å². The van der Waals surface area contributed by atoms with Crippen LogP contribution in [0.25, 0.3) is 113 Å². The molecule has 0 spiro atoms. The van der Waals surface area contributed by atoms with Crippen molar-refractivity contribution < 1.29 is 47.7 Å². The average Bonchev–Trinajstić information content (AvgIpc) is 1.68. The molecule has 128 heavy (non-hydrogen) atoms. The van der Waals surface area contributed by atoms with Crippen molar-refractivity contribution in [2.45, 2.75) is 123 Å². The number of carbonyl (C=O) groups excluding carboxylic acids is 5. The number of aromatic amines is 5. The first kappa shape index (κ1) is 94.8. The Bertz CT molecular complexity index is 6190. The van der Waals surface area contributed by atoms with Crippen molar-refractivity contribution in [2.75, 3.05) is 79.4 Å².